The van der Waals surface area contributed by atoms with Crippen LogP contribution in [0.4, 0.5) is 9.59 Å². The monoisotopic (exact) mass is 1070 g/mol. The van der Waals surface area contributed by atoms with Crippen LogP contribution in [0.15, 0.2) is 115 Å². The Labute approximate surface area is 469 Å². The van der Waals surface area contributed by atoms with Crippen LogP contribution >= 0.6 is 0 Å². The molecular weight excluding hydrogens is 977 g/mol. The molecule has 0 aliphatic carbocycles. The molecule has 0 saturated carbocycles. The number of nitrogens with zero attached hydrogens (tertiary/aromatic N) is 3. The van der Waals surface area contributed by atoms with Crippen LogP contribution in [0.25, 0.3) is 0 Å². The second kappa shape index (κ2) is 37.0. The Kier molecular flexibility index (Phi) is 30.7. The van der Waals surface area contributed by atoms with Gasteiger partial charge in [0, 0.05) is 52.1 Å². The van der Waals surface area contributed by atoms with Crippen LogP contribution < -0.4 is 20.7 Å². The van der Waals surface area contributed by atoms with Crippen molar-refractivity contribution in [3.63, 3.8) is 0 Å². The first-order chi connectivity index (χ1) is 37.5. The number of amides is 4. The fourth-order valence-corrected chi connectivity index (χ4v) is 9.18. The van der Waals surface area contributed by atoms with Gasteiger partial charge < -0.3 is 35.1 Å². The van der Waals surface area contributed by atoms with Crippen molar-refractivity contribution < 1.29 is 33.4 Å². The molecule has 0 aromatic heterocycles. The van der Waals surface area contributed by atoms with Crippen molar-refractivity contribution >= 4 is 24.0 Å². The van der Waals surface area contributed by atoms with Gasteiger partial charge in [0.05, 0.1) is 0 Å². The molecule has 0 aliphatic rings. The van der Waals surface area contributed by atoms with Gasteiger partial charge in [0.25, 0.3) is 0 Å². The van der Waals surface area contributed by atoms with E-state index in [-0.39, 0.29) is 24.0 Å². The number of ether oxygens (including phenoxy) is 3. The molecule has 1 atom stereocenters. The maximum absolute atomic E-state index is 13.6. The van der Waals surface area contributed by atoms with Gasteiger partial charge in [-0.05, 0) is 153 Å². The highest BCUT2D eigenvalue weighted by molar-refractivity contribution is 5.87. The predicted molar refractivity (Wildman–Crippen MR) is 316 cm³/mol. The summed E-state index contributed by atoms with van der Waals surface area (Å²) in [5.41, 5.74) is 3.57. The van der Waals surface area contributed by atoms with Gasteiger partial charge in [-0.25, -0.2) is 9.59 Å². The topological polar surface area (TPSA) is 142 Å². The normalized spacial score (nSPS) is 12.0. The third-order valence-corrected chi connectivity index (χ3v) is 13.2. The lowest BCUT2D eigenvalue weighted by Crippen LogP contribution is -2.48. The van der Waals surface area contributed by atoms with Crippen LogP contribution in [0.5, 0.6) is 5.75 Å². The first kappa shape index (κ1) is 64.6. The van der Waals surface area contributed by atoms with E-state index in [1.165, 1.54) is 36.8 Å². The average molecular weight is 1080 g/mol. The highest BCUT2D eigenvalue weighted by Crippen LogP contribution is 2.18. The van der Waals surface area contributed by atoms with E-state index < -0.39 is 17.2 Å². The Morgan fingerprint density at radius 3 is 1.42 bits per heavy atom. The summed E-state index contributed by atoms with van der Waals surface area (Å²) in [6.45, 7) is 21.9. The molecule has 430 valence electrons. The Bertz CT molecular complexity index is 2230. The van der Waals surface area contributed by atoms with Gasteiger partial charge in [-0.3, -0.25) is 19.4 Å². The molecule has 0 saturated heterocycles. The summed E-state index contributed by atoms with van der Waals surface area (Å²) in [5, 5.41) is 8.86. The highest BCUT2D eigenvalue weighted by atomic mass is 16.6. The van der Waals surface area contributed by atoms with E-state index in [4.69, 9.17) is 14.2 Å². The maximum atomic E-state index is 13.6. The summed E-state index contributed by atoms with van der Waals surface area (Å²) >= 11 is 0. The van der Waals surface area contributed by atoms with Gasteiger partial charge in [0.1, 0.15) is 29.6 Å². The van der Waals surface area contributed by atoms with Crippen LogP contribution in [0.2, 0.25) is 0 Å². The maximum Gasteiger partial charge on any atom is 0.410 e. The molecule has 13 nitrogen and oxygen atoms in total. The summed E-state index contributed by atoms with van der Waals surface area (Å²) in [4.78, 5) is 58.8. The molecule has 0 aliphatic heterocycles. The van der Waals surface area contributed by atoms with E-state index in [0.29, 0.717) is 58.5 Å². The molecule has 0 fully saturated rings. The molecule has 0 unspecified atom stereocenters. The van der Waals surface area contributed by atoms with E-state index in [1.807, 2.05) is 103 Å². The minimum Gasteiger partial charge on any atom is -0.489 e. The number of hydrogen-bond donors (Lipinski definition) is 3. The molecule has 0 heterocycles. The number of rotatable bonds is 38. The third kappa shape index (κ3) is 30.3. The number of carbonyl (C=O) groups is 4. The van der Waals surface area contributed by atoms with Gasteiger partial charge in [0.2, 0.25) is 11.8 Å². The van der Waals surface area contributed by atoms with Crippen molar-refractivity contribution in [1.82, 2.24) is 30.7 Å². The van der Waals surface area contributed by atoms with E-state index in [1.54, 1.807) is 4.90 Å². The largest absolute Gasteiger partial charge is 0.489 e. The summed E-state index contributed by atoms with van der Waals surface area (Å²) in [7, 11) is 0. The van der Waals surface area contributed by atoms with Crippen LogP contribution in [-0.2, 0) is 45.2 Å². The van der Waals surface area contributed by atoms with E-state index >= 15 is 0 Å². The van der Waals surface area contributed by atoms with Gasteiger partial charge in [0.15, 0.2) is 0 Å². The molecule has 78 heavy (non-hydrogen) atoms. The fraction of sp³-hybridized carbons (Fsp3) is 0.569. The van der Waals surface area contributed by atoms with Gasteiger partial charge >= 0.3 is 12.2 Å². The minimum absolute atomic E-state index is 0.159. The van der Waals surface area contributed by atoms with Gasteiger partial charge in [-0.15, -0.1) is 0 Å². The number of hydrogen-bond acceptors (Lipinski definition) is 9. The Morgan fingerprint density at radius 2 is 0.936 bits per heavy atom. The van der Waals surface area contributed by atoms with E-state index in [9.17, 15) is 19.2 Å². The van der Waals surface area contributed by atoms with Crippen LogP contribution in [0, 0.1) is 0 Å². The Balaban J connectivity index is 1.19. The van der Waals surface area contributed by atoms with E-state index in [0.717, 1.165) is 108 Å². The van der Waals surface area contributed by atoms with Gasteiger partial charge in [-0.1, -0.05) is 149 Å². The molecule has 4 aromatic carbocycles. The molecule has 0 spiro atoms. The van der Waals surface area contributed by atoms with Crippen molar-refractivity contribution in [3.05, 3.63) is 138 Å². The first-order valence-corrected chi connectivity index (χ1v) is 29.4. The molecular formula is C65H98N6O7. The zero-order valence-corrected chi connectivity index (χ0v) is 48.8. The van der Waals surface area contributed by atoms with Crippen LogP contribution in [0.3, 0.4) is 0 Å². The zero-order chi connectivity index (χ0) is 56.3. The smallest absolute Gasteiger partial charge is 0.410 e. The Hall–Kier alpha value is -5.92. The molecule has 0 bridgehead atoms. The number of unbranched alkanes of at least 4 members (excludes halogenated alkanes) is 9. The van der Waals surface area contributed by atoms with Crippen LogP contribution in [-0.4, -0.2) is 108 Å². The number of nitrogens with one attached hydrogen (secondary N) is 3. The lowest BCUT2D eigenvalue weighted by molar-refractivity contribution is -0.129. The summed E-state index contributed by atoms with van der Waals surface area (Å²) in [6.07, 6.45) is 14.3. The molecule has 3 N–H and O–H groups in total. The van der Waals surface area contributed by atoms with Crippen molar-refractivity contribution in [1.29, 1.82) is 0 Å². The molecule has 4 amide bonds. The summed E-state index contributed by atoms with van der Waals surface area (Å²) in [5.74, 6) is 0.320. The Morgan fingerprint density at radius 1 is 0.487 bits per heavy atom. The fourth-order valence-electron chi connectivity index (χ4n) is 9.18. The number of benzene rings is 4. The second-order valence-electron chi connectivity index (χ2n) is 22.8. The van der Waals surface area contributed by atoms with Crippen molar-refractivity contribution in [2.45, 2.75) is 188 Å². The van der Waals surface area contributed by atoms with Crippen LogP contribution in [0.1, 0.15) is 167 Å². The molecule has 13 heteroatoms. The number of carbonyl (C=O) groups excluding carboxylic acids is 4. The predicted octanol–water partition coefficient (Wildman–Crippen LogP) is 13.0. The average Bonchev–Trinajstić information content (AvgIpc) is 3.40. The summed E-state index contributed by atoms with van der Waals surface area (Å²) < 4.78 is 17.1. The molecule has 4 aromatic rings. The molecule has 4 rings (SSSR count). The zero-order valence-electron chi connectivity index (χ0n) is 48.8. The van der Waals surface area contributed by atoms with Crippen molar-refractivity contribution in [3.8, 4) is 5.75 Å². The standard InChI is InChI=1S/C65H98N6O7/c1-8-31-60(72)68-59(50-54-38-40-58(41-39-54)76-53-57-36-22-17-23-37-57)61(73)66-43-30-49-71(63(75)78-65(5,6)7)48-29-14-13-28-47-70(52-56-34-20-16-21-35-56)46-27-12-11-26-45-69(51-55-32-18-15-19-33-55)44-25-10-9-24-42-67-62(74)77-64(2,3)4/h15-23,32-41,59H,8-14,24-31,42-53H2,1-7H3,(H,66,73)(H,67,74)(H,68,72)/t59-/m0/s1. The quantitative estimate of drug-likeness (QED) is 0.0374. The molecule has 0 radical (unpaired) electrons. The van der Waals surface area contributed by atoms with Gasteiger partial charge in [-0.2, -0.15) is 0 Å². The highest BCUT2D eigenvalue weighted by Gasteiger charge is 2.24. The van der Waals surface area contributed by atoms with Crippen molar-refractivity contribution in [2.24, 2.45) is 0 Å². The van der Waals surface area contributed by atoms with E-state index in [2.05, 4.69) is 86.4 Å². The summed E-state index contributed by atoms with van der Waals surface area (Å²) in [6, 6.07) is 38.5. The minimum atomic E-state index is -0.737. The third-order valence-electron chi connectivity index (χ3n) is 13.2. The number of alkyl carbamates (subject to hydrolysis) is 1. The van der Waals surface area contributed by atoms with Crippen molar-refractivity contribution in [2.75, 3.05) is 52.4 Å². The first-order valence-electron chi connectivity index (χ1n) is 29.4. The SMILES string of the molecule is CCCC(=O)N[C@@H](Cc1ccc(OCc2ccccc2)cc1)C(=O)NCCCN(CCCCCCN(CCCCCCN(CCCCCCNC(=O)OC(C)(C)C)Cc1ccccc1)Cc1ccccc1)C(=O)OC(C)(C)C. The lowest BCUT2D eigenvalue weighted by Gasteiger charge is -2.28. The lowest BCUT2D eigenvalue weighted by atomic mass is 10.0. The second-order valence-corrected chi connectivity index (χ2v) is 22.8.